The summed E-state index contributed by atoms with van der Waals surface area (Å²) in [6, 6.07) is 8.43. The Morgan fingerprint density at radius 2 is 2.05 bits per heavy atom. The first-order valence-electron chi connectivity index (χ1n) is 8.14. The second kappa shape index (κ2) is 8.30. The number of carbonyl (C=O) groups is 1. The van der Waals surface area contributed by atoms with Crippen molar-refractivity contribution in [2.24, 2.45) is 0 Å². The molecule has 122 valence electrons. The predicted molar refractivity (Wildman–Crippen MR) is 89.0 cm³/mol. The van der Waals surface area contributed by atoms with Crippen molar-refractivity contribution in [3.05, 3.63) is 35.4 Å². The highest BCUT2D eigenvalue weighted by Gasteiger charge is 2.23. The monoisotopic (exact) mass is 304 g/mol. The summed E-state index contributed by atoms with van der Waals surface area (Å²) in [6.07, 6.45) is 2.57. The normalized spacial score (nSPS) is 18.7. The van der Waals surface area contributed by atoms with Crippen molar-refractivity contribution in [2.75, 3.05) is 40.3 Å². The average molecular weight is 304 g/mol. The van der Waals surface area contributed by atoms with E-state index < -0.39 is 0 Å². The zero-order valence-corrected chi connectivity index (χ0v) is 14.0. The fraction of sp³-hybridized carbons (Fsp3) is 0.611. The molecule has 1 aliphatic heterocycles. The van der Waals surface area contributed by atoms with Gasteiger partial charge in [0.1, 0.15) is 0 Å². The lowest BCUT2D eigenvalue weighted by atomic mass is 10.1. The highest BCUT2D eigenvalue weighted by Crippen LogP contribution is 2.12. The molecule has 1 aromatic carbocycles. The summed E-state index contributed by atoms with van der Waals surface area (Å²) in [5, 5.41) is 0. The van der Waals surface area contributed by atoms with Gasteiger partial charge in [-0.3, -0.25) is 4.79 Å². The van der Waals surface area contributed by atoms with Gasteiger partial charge in [-0.05, 0) is 39.4 Å². The quantitative estimate of drug-likeness (QED) is 0.807. The number of rotatable bonds is 6. The molecule has 1 saturated heterocycles. The van der Waals surface area contributed by atoms with Gasteiger partial charge in [0, 0.05) is 26.1 Å². The molecule has 0 N–H and O–H groups in total. The minimum atomic E-state index is 0.180. The first-order valence-corrected chi connectivity index (χ1v) is 8.14. The highest BCUT2D eigenvalue weighted by atomic mass is 16.5. The Hall–Kier alpha value is -1.39. The number of nitrogens with zero attached hydrogens (tertiary/aromatic N) is 2. The van der Waals surface area contributed by atoms with E-state index in [0.29, 0.717) is 13.0 Å². The third-order valence-corrected chi connectivity index (χ3v) is 4.14. The molecule has 1 atom stereocenters. The molecule has 1 aliphatic rings. The summed E-state index contributed by atoms with van der Waals surface area (Å²) in [5.74, 6) is 0.249. The Kier molecular flexibility index (Phi) is 6.40. The third kappa shape index (κ3) is 5.43. The molecule has 0 bridgehead atoms. The lowest BCUT2D eigenvalue weighted by Crippen LogP contribution is -2.46. The first kappa shape index (κ1) is 17.0. The fourth-order valence-electron chi connectivity index (χ4n) is 2.69. The van der Waals surface area contributed by atoms with Crippen LogP contribution >= 0.6 is 0 Å². The van der Waals surface area contributed by atoms with E-state index in [-0.39, 0.29) is 12.0 Å². The Morgan fingerprint density at radius 1 is 1.32 bits per heavy atom. The van der Waals surface area contributed by atoms with E-state index in [9.17, 15) is 4.79 Å². The largest absolute Gasteiger partial charge is 0.374 e. The Labute approximate surface area is 134 Å². The van der Waals surface area contributed by atoms with Crippen molar-refractivity contribution in [2.45, 2.75) is 32.3 Å². The van der Waals surface area contributed by atoms with Crippen LogP contribution in [0.5, 0.6) is 0 Å². The minimum Gasteiger partial charge on any atom is -0.374 e. The van der Waals surface area contributed by atoms with E-state index in [0.717, 1.165) is 32.5 Å². The van der Waals surface area contributed by atoms with Gasteiger partial charge in [-0.2, -0.15) is 0 Å². The molecule has 1 aromatic rings. The van der Waals surface area contributed by atoms with Crippen LogP contribution in [0.25, 0.3) is 0 Å². The van der Waals surface area contributed by atoms with Crippen molar-refractivity contribution in [3.8, 4) is 0 Å². The molecule has 22 heavy (non-hydrogen) atoms. The van der Waals surface area contributed by atoms with Crippen LogP contribution in [0.15, 0.2) is 24.3 Å². The summed E-state index contributed by atoms with van der Waals surface area (Å²) in [7, 11) is 4.13. The standard InChI is InChI=1S/C18H28N2O2/c1-15-4-6-16(7-5-15)8-9-18(21)20-12-13-22-17(14-20)10-11-19(2)3/h4-7,17H,8-14H2,1-3H3/t17-/m1/s1. The fourth-order valence-corrected chi connectivity index (χ4v) is 2.69. The van der Waals surface area contributed by atoms with E-state index in [1.807, 2.05) is 4.90 Å². The van der Waals surface area contributed by atoms with Crippen molar-refractivity contribution < 1.29 is 9.53 Å². The van der Waals surface area contributed by atoms with Crippen molar-refractivity contribution in [3.63, 3.8) is 0 Å². The van der Waals surface area contributed by atoms with E-state index in [4.69, 9.17) is 4.74 Å². The average Bonchev–Trinajstić information content (AvgIpc) is 2.52. The van der Waals surface area contributed by atoms with Gasteiger partial charge in [0.05, 0.1) is 12.7 Å². The van der Waals surface area contributed by atoms with Gasteiger partial charge in [-0.1, -0.05) is 29.8 Å². The zero-order valence-electron chi connectivity index (χ0n) is 14.0. The van der Waals surface area contributed by atoms with E-state index >= 15 is 0 Å². The number of carbonyl (C=O) groups excluding carboxylic acids is 1. The van der Waals surface area contributed by atoms with Gasteiger partial charge in [-0.15, -0.1) is 0 Å². The number of hydrogen-bond acceptors (Lipinski definition) is 3. The third-order valence-electron chi connectivity index (χ3n) is 4.14. The van der Waals surface area contributed by atoms with Crippen LogP contribution in [-0.2, 0) is 16.0 Å². The molecule has 0 aromatic heterocycles. The summed E-state index contributed by atoms with van der Waals surface area (Å²) in [5.41, 5.74) is 2.49. The minimum absolute atomic E-state index is 0.180. The molecule has 4 nitrogen and oxygen atoms in total. The van der Waals surface area contributed by atoms with Crippen LogP contribution in [0, 0.1) is 6.92 Å². The number of benzene rings is 1. The second-order valence-corrected chi connectivity index (χ2v) is 6.41. The summed E-state index contributed by atoms with van der Waals surface area (Å²) in [6.45, 7) is 5.20. The van der Waals surface area contributed by atoms with Crippen molar-refractivity contribution in [1.29, 1.82) is 0 Å². The Morgan fingerprint density at radius 3 is 2.73 bits per heavy atom. The van der Waals surface area contributed by atoms with E-state index in [2.05, 4.69) is 50.2 Å². The zero-order chi connectivity index (χ0) is 15.9. The number of amides is 1. The maximum atomic E-state index is 12.4. The maximum Gasteiger partial charge on any atom is 0.223 e. The SMILES string of the molecule is Cc1ccc(CCC(=O)N2CCO[C@H](CCN(C)C)C2)cc1. The predicted octanol–water partition coefficient (Wildman–Crippen LogP) is 2.11. The molecule has 4 heteroatoms. The molecule has 0 radical (unpaired) electrons. The van der Waals surface area contributed by atoms with Crippen LogP contribution in [0.4, 0.5) is 0 Å². The molecule has 1 fully saturated rings. The number of morpholine rings is 1. The summed E-state index contributed by atoms with van der Waals surface area (Å²) < 4.78 is 5.76. The molecule has 1 amide bonds. The Balaban J connectivity index is 1.77. The lowest BCUT2D eigenvalue weighted by molar-refractivity contribution is -0.139. The molecule has 0 spiro atoms. The van der Waals surface area contributed by atoms with Crippen molar-refractivity contribution in [1.82, 2.24) is 9.80 Å². The topological polar surface area (TPSA) is 32.8 Å². The summed E-state index contributed by atoms with van der Waals surface area (Å²) >= 11 is 0. The molecule has 1 heterocycles. The maximum absolute atomic E-state index is 12.4. The number of aryl methyl sites for hydroxylation is 2. The van der Waals surface area contributed by atoms with Gasteiger partial charge < -0.3 is 14.5 Å². The molecular weight excluding hydrogens is 276 g/mol. The number of ether oxygens (including phenoxy) is 1. The van der Waals surface area contributed by atoms with Gasteiger partial charge in [0.25, 0.3) is 0 Å². The van der Waals surface area contributed by atoms with Gasteiger partial charge in [-0.25, -0.2) is 0 Å². The first-order chi connectivity index (χ1) is 10.5. The molecule has 0 unspecified atom stereocenters. The highest BCUT2D eigenvalue weighted by molar-refractivity contribution is 5.76. The van der Waals surface area contributed by atoms with Crippen LogP contribution < -0.4 is 0 Å². The molecule has 0 aliphatic carbocycles. The van der Waals surface area contributed by atoms with Crippen LogP contribution in [0.2, 0.25) is 0 Å². The van der Waals surface area contributed by atoms with Crippen molar-refractivity contribution >= 4 is 5.91 Å². The molecular formula is C18H28N2O2. The lowest BCUT2D eigenvalue weighted by Gasteiger charge is -2.33. The van der Waals surface area contributed by atoms with E-state index in [1.165, 1.54) is 11.1 Å². The summed E-state index contributed by atoms with van der Waals surface area (Å²) in [4.78, 5) is 16.5. The van der Waals surface area contributed by atoms with Crippen LogP contribution in [-0.4, -0.2) is 62.1 Å². The second-order valence-electron chi connectivity index (χ2n) is 6.41. The Bertz CT molecular complexity index is 470. The number of hydrogen-bond donors (Lipinski definition) is 0. The van der Waals surface area contributed by atoms with Gasteiger partial charge in [0.15, 0.2) is 0 Å². The van der Waals surface area contributed by atoms with E-state index in [1.54, 1.807) is 0 Å². The van der Waals surface area contributed by atoms with Gasteiger partial charge >= 0.3 is 0 Å². The smallest absolute Gasteiger partial charge is 0.223 e. The molecule has 0 saturated carbocycles. The molecule has 2 rings (SSSR count). The van der Waals surface area contributed by atoms with Crippen LogP contribution in [0.1, 0.15) is 24.0 Å². The van der Waals surface area contributed by atoms with Gasteiger partial charge in [0.2, 0.25) is 5.91 Å². The van der Waals surface area contributed by atoms with Crippen LogP contribution in [0.3, 0.4) is 0 Å².